The molecule has 3 N–H and O–H groups in total. The molecular formula is C44H42Cl2N4O6S. The van der Waals surface area contributed by atoms with Gasteiger partial charge in [-0.25, -0.2) is 13.4 Å². The highest BCUT2D eigenvalue weighted by Gasteiger charge is 2.33. The number of hydrogen-bond donors (Lipinski definition) is 3. The Morgan fingerprint density at radius 1 is 0.842 bits per heavy atom. The van der Waals surface area contributed by atoms with E-state index in [0.29, 0.717) is 18.1 Å². The van der Waals surface area contributed by atoms with Gasteiger partial charge in [-0.1, -0.05) is 132 Å². The molecule has 5 aromatic carbocycles. The summed E-state index contributed by atoms with van der Waals surface area (Å²) < 4.78 is 44.2. The Morgan fingerprint density at radius 2 is 1.54 bits per heavy atom. The second kappa shape index (κ2) is 18.2. The first-order valence-corrected chi connectivity index (χ1v) is 20.7. The number of rotatable bonds is 14. The van der Waals surface area contributed by atoms with Gasteiger partial charge in [-0.3, -0.25) is 4.79 Å². The van der Waals surface area contributed by atoms with E-state index < -0.39 is 28.3 Å². The summed E-state index contributed by atoms with van der Waals surface area (Å²) in [6.45, 7) is 2.42. The Bertz CT molecular complexity index is 2410. The molecule has 0 aliphatic carbocycles. The molecule has 10 nitrogen and oxygen atoms in total. The molecule has 0 radical (unpaired) electrons. The van der Waals surface area contributed by atoms with Crippen molar-refractivity contribution in [2.24, 2.45) is 0 Å². The van der Waals surface area contributed by atoms with Gasteiger partial charge in [-0.15, -0.1) is 0 Å². The molecule has 0 bridgehead atoms. The first-order chi connectivity index (χ1) is 27.5. The number of aryl methyl sites for hydroxylation is 1. The molecule has 1 fully saturated rings. The topological polar surface area (TPSA) is 132 Å². The van der Waals surface area contributed by atoms with Gasteiger partial charge in [0, 0.05) is 18.5 Å². The summed E-state index contributed by atoms with van der Waals surface area (Å²) in [4.78, 5) is 17.9. The van der Waals surface area contributed by atoms with E-state index in [1.807, 2.05) is 110 Å². The molecule has 294 valence electrons. The van der Waals surface area contributed by atoms with Crippen LogP contribution in [-0.4, -0.2) is 41.1 Å². The number of sulfonamides is 1. The summed E-state index contributed by atoms with van der Waals surface area (Å²) in [5.74, 6) is -0.442. The number of aliphatic hydroxyl groups is 1. The van der Waals surface area contributed by atoms with Crippen LogP contribution in [0.4, 0.5) is 0 Å². The minimum Gasteiger partial charge on any atom is -0.392 e. The van der Waals surface area contributed by atoms with Crippen LogP contribution in [0.25, 0.3) is 11.1 Å². The number of benzene rings is 5. The van der Waals surface area contributed by atoms with Crippen molar-refractivity contribution in [1.29, 1.82) is 0 Å². The molecule has 1 aliphatic rings. The molecule has 0 spiro atoms. The Labute approximate surface area is 342 Å². The van der Waals surface area contributed by atoms with Crippen LogP contribution in [0, 0.1) is 6.92 Å². The van der Waals surface area contributed by atoms with Gasteiger partial charge in [0.15, 0.2) is 11.4 Å². The molecule has 1 aromatic heterocycles. The van der Waals surface area contributed by atoms with Crippen LogP contribution in [0.1, 0.15) is 52.2 Å². The van der Waals surface area contributed by atoms with Crippen molar-refractivity contribution in [2.45, 2.75) is 68.9 Å². The lowest BCUT2D eigenvalue weighted by Gasteiger charge is -2.36. The van der Waals surface area contributed by atoms with Crippen LogP contribution in [0.2, 0.25) is 10.3 Å². The summed E-state index contributed by atoms with van der Waals surface area (Å²) in [6, 6.07) is 38.2. The monoisotopic (exact) mass is 824 g/mol. The normalized spacial score (nSPS) is 17.6. The number of carbonyl (C=O) groups is 1. The molecule has 2 heterocycles. The zero-order valence-corrected chi connectivity index (χ0v) is 33.4. The maximum atomic E-state index is 13.7. The fourth-order valence-electron chi connectivity index (χ4n) is 6.77. The van der Waals surface area contributed by atoms with Gasteiger partial charge >= 0.3 is 0 Å². The van der Waals surface area contributed by atoms with E-state index >= 15 is 0 Å². The molecule has 7 rings (SSSR count). The summed E-state index contributed by atoms with van der Waals surface area (Å²) in [5.41, 5.74) is 6.99. The molecule has 1 saturated heterocycles. The van der Waals surface area contributed by atoms with Crippen LogP contribution >= 0.6 is 23.2 Å². The Morgan fingerprint density at radius 3 is 2.25 bits per heavy atom. The predicted molar refractivity (Wildman–Crippen MR) is 220 cm³/mol. The Hall–Kier alpha value is -4.85. The third-order valence-electron chi connectivity index (χ3n) is 9.86. The van der Waals surface area contributed by atoms with Crippen LogP contribution < -0.4 is 10.0 Å². The van der Waals surface area contributed by atoms with Gasteiger partial charge in [-0.2, -0.15) is 4.72 Å². The molecular weight excluding hydrogens is 783 g/mol. The number of ether oxygens (including phenoxy) is 2. The highest BCUT2D eigenvalue weighted by molar-refractivity contribution is 7.89. The lowest BCUT2D eigenvalue weighted by molar-refractivity contribution is -0.252. The van der Waals surface area contributed by atoms with E-state index in [9.17, 15) is 18.3 Å². The SMILES string of the molecule is Cc1ccc(S(=O)(=O)NC(Cc2ccccc2)C(=O)NCc2cccc(-c3cccc(C4OC(Cn5cnc(Cl)c5Cl)CC(c5ccc(CO)cc5)O4)c3)c2)cc1. The van der Waals surface area contributed by atoms with Gasteiger partial charge in [0.2, 0.25) is 15.9 Å². The van der Waals surface area contributed by atoms with Crippen molar-refractivity contribution >= 4 is 39.1 Å². The van der Waals surface area contributed by atoms with E-state index in [2.05, 4.69) is 15.0 Å². The van der Waals surface area contributed by atoms with Crippen molar-refractivity contribution in [3.63, 3.8) is 0 Å². The van der Waals surface area contributed by atoms with Gasteiger partial charge in [0.1, 0.15) is 11.2 Å². The maximum Gasteiger partial charge on any atom is 0.241 e. The van der Waals surface area contributed by atoms with E-state index in [-0.39, 0.29) is 41.8 Å². The summed E-state index contributed by atoms with van der Waals surface area (Å²) in [5, 5.41) is 13.1. The first-order valence-electron chi connectivity index (χ1n) is 18.5. The molecule has 6 aromatic rings. The maximum absolute atomic E-state index is 13.7. The summed E-state index contributed by atoms with van der Waals surface area (Å²) in [6.07, 6.45) is 1.01. The smallest absolute Gasteiger partial charge is 0.241 e. The first kappa shape index (κ1) is 40.4. The lowest BCUT2D eigenvalue weighted by atomic mass is 9.98. The second-order valence-electron chi connectivity index (χ2n) is 14.0. The van der Waals surface area contributed by atoms with Gasteiger partial charge in [0.05, 0.1) is 36.6 Å². The number of nitrogens with one attached hydrogen (secondary N) is 2. The van der Waals surface area contributed by atoms with Crippen molar-refractivity contribution < 1.29 is 27.8 Å². The highest BCUT2D eigenvalue weighted by Crippen LogP contribution is 2.40. The number of imidazole rings is 1. The molecule has 57 heavy (non-hydrogen) atoms. The van der Waals surface area contributed by atoms with Crippen molar-refractivity contribution in [2.75, 3.05) is 0 Å². The van der Waals surface area contributed by atoms with E-state index in [1.165, 1.54) is 12.1 Å². The summed E-state index contributed by atoms with van der Waals surface area (Å²) in [7, 11) is -3.98. The minimum atomic E-state index is -3.98. The fraction of sp³-hybridized carbons (Fsp3) is 0.227. The van der Waals surface area contributed by atoms with E-state index in [0.717, 1.165) is 44.5 Å². The standard InChI is InChI=1S/C44H42Cl2N4O6S/c1-29-13-19-38(20-14-29)57(53,54)49-39(22-30-7-3-2-4-8-30)43(52)47-25-32-9-5-10-34(21-32)35-11-6-12-36(23-35)44-55-37(26-50-28-48-41(45)42(50)46)24-40(56-44)33-17-15-31(27-51)16-18-33/h2-21,23,28,37,39-40,44,49,51H,22,24-27H2,1H3,(H,47,52). The number of halogens is 2. The molecule has 4 unspecified atom stereocenters. The number of nitrogens with zero attached hydrogens (tertiary/aromatic N) is 2. The molecule has 0 saturated carbocycles. The molecule has 1 amide bonds. The number of aromatic nitrogens is 2. The van der Waals surface area contributed by atoms with Crippen LogP contribution in [-0.2, 0) is 50.4 Å². The second-order valence-corrected chi connectivity index (χ2v) is 16.5. The highest BCUT2D eigenvalue weighted by atomic mass is 35.5. The number of carbonyl (C=O) groups excluding carboxylic acids is 1. The van der Waals surface area contributed by atoms with Gasteiger partial charge in [-0.05, 0) is 71.0 Å². The van der Waals surface area contributed by atoms with Crippen LogP contribution in [0.3, 0.4) is 0 Å². The van der Waals surface area contributed by atoms with Crippen molar-refractivity contribution in [3.05, 3.63) is 177 Å². The predicted octanol–water partition coefficient (Wildman–Crippen LogP) is 8.11. The largest absolute Gasteiger partial charge is 0.392 e. The third kappa shape index (κ3) is 10.2. The minimum absolute atomic E-state index is 0.0503. The number of aliphatic hydroxyl groups excluding tert-OH is 1. The van der Waals surface area contributed by atoms with Crippen molar-refractivity contribution in [3.8, 4) is 11.1 Å². The summed E-state index contributed by atoms with van der Waals surface area (Å²) >= 11 is 12.6. The average Bonchev–Trinajstić information content (AvgIpc) is 3.55. The van der Waals surface area contributed by atoms with Crippen molar-refractivity contribution in [1.82, 2.24) is 19.6 Å². The number of amides is 1. The fourth-order valence-corrected chi connectivity index (χ4v) is 8.28. The Balaban J connectivity index is 1.08. The van der Waals surface area contributed by atoms with Crippen LogP contribution in [0.5, 0.6) is 0 Å². The zero-order valence-electron chi connectivity index (χ0n) is 31.1. The zero-order chi connectivity index (χ0) is 39.9. The van der Waals surface area contributed by atoms with Gasteiger partial charge < -0.3 is 24.5 Å². The molecule has 4 atom stereocenters. The third-order valence-corrected chi connectivity index (χ3v) is 12.1. The van der Waals surface area contributed by atoms with Crippen LogP contribution in [0.15, 0.2) is 139 Å². The van der Waals surface area contributed by atoms with E-state index in [1.54, 1.807) is 23.0 Å². The number of hydrogen-bond acceptors (Lipinski definition) is 7. The molecule has 1 aliphatic heterocycles. The van der Waals surface area contributed by atoms with E-state index in [4.69, 9.17) is 32.7 Å². The Kier molecular flexibility index (Phi) is 12.9. The molecule has 13 heteroatoms. The quantitative estimate of drug-likeness (QED) is 0.101. The lowest BCUT2D eigenvalue weighted by Crippen LogP contribution is -2.47. The average molecular weight is 826 g/mol. The van der Waals surface area contributed by atoms with Gasteiger partial charge in [0.25, 0.3) is 0 Å².